The Labute approximate surface area is 178 Å². The van der Waals surface area contributed by atoms with Crippen molar-refractivity contribution >= 4 is 22.7 Å². The van der Waals surface area contributed by atoms with Crippen LogP contribution in [0.5, 0.6) is 11.5 Å². The number of para-hydroxylation sites is 3. The molecule has 5 rings (SSSR count). The van der Waals surface area contributed by atoms with Gasteiger partial charge in [-0.25, -0.2) is 0 Å². The van der Waals surface area contributed by atoms with Gasteiger partial charge in [-0.3, -0.25) is 9.55 Å². The van der Waals surface area contributed by atoms with E-state index in [-0.39, 0.29) is 6.10 Å². The molecular formula is C23H20N4O2S. The highest BCUT2D eigenvalue weighted by atomic mass is 32.2. The molecule has 3 heterocycles. The van der Waals surface area contributed by atoms with Gasteiger partial charge in [0.2, 0.25) is 0 Å². The molecule has 150 valence electrons. The Kier molecular flexibility index (Phi) is 5.11. The summed E-state index contributed by atoms with van der Waals surface area (Å²) in [5.74, 6) is 2.90. The van der Waals surface area contributed by atoms with Crippen LogP contribution < -0.4 is 9.47 Å². The highest BCUT2D eigenvalue weighted by Gasteiger charge is 2.28. The summed E-state index contributed by atoms with van der Waals surface area (Å²) in [4.78, 5) is 4.74. The number of ether oxygens (including phenoxy) is 2. The number of nitrogens with zero attached hydrogens (tertiary/aromatic N) is 4. The highest BCUT2D eigenvalue weighted by Crippen LogP contribution is 2.36. The van der Waals surface area contributed by atoms with Crippen LogP contribution in [0.25, 0.3) is 10.9 Å². The molecule has 7 heteroatoms. The predicted molar refractivity (Wildman–Crippen MR) is 117 cm³/mol. The quantitative estimate of drug-likeness (QED) is 0.332. The minimum atomic E-state index is -0.319. The largest absolute Gasteiger partial charge is 0.485 e. The number of aromatic nitrogens is 4. The summed E-state index contributed by atoms with van der Waals surface area (Å²) in [7, 11) is 0. The normalized spacial score (nSPS) is 15.3. The van der Waals surface area contributed by atoms with Crippen molar-refractivity contribution in [3.63, 3.8) is 0 Å². The summed E-state index contributed by atoms with van der Waals surface area (Å²) in [6.45, 7) is 4.87. The van der Waals surface area contributed by atoms with Crippen molar-refractivity contribution in [2.45, 2.75) is 23.6 Å². The third-order valence-electron chi connectivity index (χ3n) is 4.86. The minimum Gasteiger partial charge on any atom is -0.485 e. The number of thioether (sulfide) groups is 1. The lowest BCUT2D eigenvalue weighted by molar-refractivity contribution is 0.0821. The molecule has 1 aliphatic rings. The average molecular weight is 417 g/mol. The SMILES string of the molecule is C=CCn1c(SCc2ccc3ccccc3n2)nnc1[C@H]1COc2ccccc2O1. The van der Waals surface area contributed by atoms with E-state index in [1.165, 1.54) is 0 Å². The van der Waals surface area contributed by atoms with E-state index in [0.29, 0.717) is 18.9 Å². The Balaban J connectivity index is 1.37. The highest BCUT2D eigenvalue weighted by molar-refractivity contribution is 7.98. The fourth-order valence-corrected chi connectivity index (χ4v) is 4.28. The summed E-state index contributed by atoms with van der Waals surface area (Å²) in [6, 6.07) is 19.9. The van der Waals surface area contributed by atoms with Crippen molar-refractivity contribution in [2.24, 2.45) is 0 Å². The second-order valence-corrected chi connectivity index (χ2v) is 7.83. The maximum absolute atomic E-state index is 6.13. The molecule has 0 aliphatic carbocycles. The van der Waals surface area contributed by atoms with Crippen molar-refractivity contribution in [3.05, 3.63) is 84.8 Å². The number of allylic oxidation sites excluding steroid dienone is 1. The first-order valence-electron chi connectivity index (χ1n) is 9.72. The second-order valence-electron chi connectivity index (χ2n) is 6.89. The number of hydrogen-bond acceptors (Lipinski definition) is 6. The number of rotatable bonds is 6. The van der Waals surface area contributed by atoms with Gasteiger partial charge in [-0.2, -0.15) is 0 Å². The van der Waals surface area contributed by atoms with Crippen LogP contribution in [-0.2, 0) is 12.3 Å². The van der Waals surface area contributed by atoms with Gasteiger partial charge in [-0.05, 0) is 24.3 Å². The lowest BCUT2D eigenvalue weighted by atomic mass is 10.2. The number of hydrogen-bond donors (Lipinski definition) is 0. The zero-order chi connectivity index (χ0) is 20.3. The van der Waals surface area contributed by atoms with Gasteiger partial charge in [0, 0.05) is 17.7 Å². The van der Waals surface area contributed by atoms with Crippen molar-refractivity contribution in [3.8, 4) is 11.5 Å². The molecule has 0 unspecified atom stereocenters. The van der Waals surface area contributed by atoms with Crippen LogP contribution >= 0.6 is 11.8 Å². The van der Waals surface area contributed by atoms with E-state index >= 15 is 0 Å². The van der Waals surface area contributed by atoms with E-state index in [1.54, 1.807) is 11.8 Å². The van der Waals surface area contributed by atoms with E-state index in [0.717, 1.165) is 39.1 Å². The molecule has 0 saturated carbocycles. The molecule has 1 atom stereocenters. The van der Waals surface area contributed by atoms with Gasteiger partial charge < -0.3 is 9.47 Å². The molecular weight excluding hydrogens is 396 g/mol. The fourth-order valence-electron chi connectivity index (χ4n) is 3.42. The molecule has 0 saturated heterocycles. The van der Waals surface area contributed by atoms with E-state index < -0.39 is 0 Å². The van der Waals surface area contributed by atoms with Crippen molar-refractivity contribution in [1.82, 2.24) is 19.7 Å². The van der Waals surface area contributed by atoms with Crippen LogP contribution in [-0.4, -0.2) is 26.4 Å². The Hall–Kier alpha value is -3.32. The predicted octanol–water partition coefficient (Wildman–Crippen LogP) is 4.82. The first-order valence-corrected chi connectivity index (χ1v) is 10.7. The third kappa shape index (κ3) is 3.64. The summed E-state index contributed by atoms with van der Waals surface area (Å²) < 4.78 is 14.0. The Morgan fingerprint density at radius 2 is 1.87 bits per heavy atom. The molecule has 0 bridgehead atoms. The summed E-state index contributed by atoms with van der Waals surface area (Å²) in [5, 5.41) is 10.8. The van der Waals surface area contributed by atoms with Gasteiger partial charge in [-0.1, -0.05) is 54.2 Å². The molecule has 4 aromatic rings. The van der Waals surface area contributed by atoms with Crippen LogP contribution in [0.2, 0.25) is 0 Å². The van der Waals surface area contributed by atoms with Gasteiger partial charge in [0.15, 0.2) is 28.6 Å². The molecule has 0 spiro atoms. The van der Waals surface area contributed by atoms with Gasteiger partial charge in [0.05, 0.1) is 11.2 Å². The van der Waals surface area contributed by atoms with Crippen LogP contribution in [0.1, 0.15) is 17.6 Å². The molecule has 2 aromatic heterocycles. The lowest BCUT2D eigenvalue weighted by Gasteiger charge is -2.26. The second kappa shape index (κ2) is 8.20. The Morgan fingerprint density at radius 3 is 2.77 bits per heavy atom. The van der Waals surface area contributed by atoms with Gasteiger partial charge in [0.1, 0.15) is 6.61 Å². The van der Waals surface area contributed by atoms with Crippen molar-refractivity contribution in [2.75, 3.05) is 6.61 Å². The average Bonchev–Trinajstić information content (AvgIpc) is 3.20. The molecule has 0 radical (unpaired) electrons. The zero-order valence-corrected chi connectivity index (χ0v) is 17.1. The first-order chi connectivity index (χ1) is 14.8. The van der Waals surface area contributed by atoms with E-state index in [2.05, 4.69) is 35.0 Å². The minimum absolute atomic E-state index is 0.319. The monoisotopic (exact) mass is 416 g/mol. The molecule has 2 aromatic carbocycles. The molecule has 0 N–H and O–H groups in total. The fraction of sp³-hybridized carbons (Fsp3) is 0.174. The number of pyridine rings is 1. The molecule has 30 heavy (non-hydrogen) atoms. The lowest BCUT2D eigenvalue weighted by Crippen LogP contribution is -2.25. The maximum Gasteiger partial charge on any atom is 0.192 e. The number of benzene rings is 2. The van der Waals surface area contributed by atoms with Crippen molar-refractivity contribution in [1.29, 1.82) is 0 Å². The zero-order valence-electron chi connectivity index (χ0n) is 16.3. The summed E-state index contributed by atoms with van der Waals surface area (Å²) in [5.41, 5.74) is 2.00. The van der Waals surface area contributed by atoms with E-state index in [9.17, 15) is 0 Å². The Morgan fingerprint density at radius 1 is 1.03 bits per heavy atom. The van der Waals surface area contributed by atoms with E-state index in [1.807, 2.05) is 53.1 Å². The van der Waals surface area contributed by atoms with Crippen molar-refractivity contribution < 1.29 is 9.47 Å². The van der Waals surface area contributed by atoms with Crippen LogP contribution in [0, 0.1) is 0 Å². The van der Waals surface area contributed by atoms with Gasteiger partial charge >= 0.3 is 0 Å². The topological polar surface area (TPSA) is 62.1 Å². The third-order valence-corrected chi connectivity index (χ3v) is 5.86. The smallest absolute Gasteiger partial charge is 0.192 e. The standard InChI is InChI=1S/C23H20N4O2S/c1-2-13-27-22(21-14-28-19-9-5-6-10-20(19)29-21)25-26-23(27)30-15-17-12-11-16-7-3-4-8-18(16)24-17/h2-12,21H,1,13-15H2/t21-/m1/s1. The van der Waals surface area contributed by atoms with E-state index in [4.69, 9.17) is 14.5 Å². The van der Waals surface area contributed by atoms with Gasteiger partial charge in [-0.15, -0.1) is 16.8 Å². The van der Waals surface area contributed by atoms with Crippen LogP contribution in [0.3, 0.4) is 0 Å². The van der Waals surface area contributed by atoms with Crippen LogP contribution in [0.4, 0.5) is 0 Å². The van der Waals surface area contributed by atoms with Gasteiger partial charge in [0.25, 0.3) is 0 Å². The molecule has 0 amide bonds. The molecule has 1 aliphatic heterocycles. The Bertz CT molecular complexity index is 1210. The first kappa shape index (κ1) is 18.7. The molecule has 6 nitrogen and oxygen atoms in total. The summed E-state index contributed by atoms with van der Waals surface area (Å²) in [6.07, 6.45) is 1.52. The number of fused-ring (bicyclic) bond motifs is 2. The maximum atomic E-state index is 6.13. The van der Waals surface area contributed by atoms with Crippen LogP contribution in [0.15, 0.2) is 78.5 Å². The molecule has 0 fully saturated rings. The summed E-state index contributed by atoms with van der Waals surface area (Å²) >= 11 is 1.60.